The molecule has 2 heterocycles. The van der Waals surface area contributed by atoms with Gasteiger partial charge in [-0.05, 0) is 50.4 Å². The van der Waals surface area contributed by atoms with Crippen LogP contribution in [0.5, 0.6) is 11.5 Å². The van der Waals surface area contributed by atoms with E-state index in [4.69, 9.17) is 9.47 Å². The van der Waals surface area contributed by atoms with Crippen molar-refractivity contribution in [1.29, 1.82) is 0 Å². The molecule has 2 aliphatic heterocycles. The highest BCUT2D eigenvalue weighted by Gasteiger charge is 2.25. The van der Waals surface area contributed by atoms with Crippen molar-refractivity contribution in [2.45, 2.75) is 25.7 Å². The van der Waals surface area contributed by atoms with Gasteiger partial charge in [0, 0.05) is 10.0 Å². The molecule has 0 bridgehead atoms. The zero-order valence-corrected chi connectivity index (χ0v) is 11.5. The molecule has 0 saturated carbocycles. The van der Waals surface area contributed by atoms with E-state index in [1.165, 1.54) is 22.9 Å². The summed E-state index contributed by atoms with van der Waals surface area (Å²) in [5.74, 6) is 2.42. The van der Waals surface area contributed by atoms with Gasteiger partial charge in [-0.15, -0.1) is 0 Å². The van der Waals surface area contributed by atoms with Gasteiger partial charge in [0.1, 0.15) is 0 Å². The highest BCUT2D eigenvalue weighted by atomic mass is 79.9. The van der Waals surface area contributed by atoms with E-state index in [1.54, 1.807) is 0 Å². The molecule has 17 heavy (non-hydrogen) atoms. The van der Waals surface area contributed by atoms with Crippen molar-refractivity contribution < 1.29 is 9.47 Å². The second-order valence-electron chi connectivity index (χ2n) is 4.66. The molecule has 0 unspecified atom stereocenters. The summed E-state index contributed by atoms with van der Waals surface area (Å²) >= 11 is 3.71. The summed E-state index contributed by atoms with van der Waals surface area (Å²) < 4.78 is 12.2. The number of hydrogen-bond donors (Lipinski definition) is 1. The van der Waals surface area contributed by atoms with E-state index < -0.39 is 0 Å². The normalized spacial score (nSPS) is 19.6. The molecule has 1 saturated heterocycles. The van der Waals surface area contributed by atoms with Gasteiger partial charge in [-0.1, -0.05) is 15.9 Å². The van der Waals surface area contributed by atoms with E-state index in [9.17, 15) is 0 Å². The lowest BCUT2D eigenvalue weighted by atomic mass is 9.89. The third-order valence-corrected chi connectivity index (χ3v) is 4.68. The zero-order valence-electron chi connectivity index (χ0n) is 9.88. The molecule has 1 aromatic rings. The van der Waals surface area contributed by atoms with Crippen LogP contribution in [0.1, 0.15) is 29.9 Å². The van der Waals surface area contributed by atoms with Gasteiger partial charge in [-0.25, -0.2) is 0 Å². The minimum Gasteiger partial charge on any atom is -0.454 e. The van der Waals surface area contributed by atoms with Gasteiger partial charge in [0.15, 0.2) is 11.5 Å². The Kier molecular flexibility index (Phi) is 3.01. The maximum absolute atomic E-state index is 5.51. The lowest BCUT2D eigenvalue weighted by molar-refractivity contribution is 0.173. The van der Waals surface area contributed by atoms with E-state index in [2.05, 4.69) is 34.2 Å². The van der Waals surface area contributed by atoms with Crippen LogP contribution in [0.2, 0.25) is 0 Å². The molecule has 3 rings (SSSR count). The average molecular weight is 298 g/mol. The molecule has 0 atom stereocenters. The smallest absolute Gasteiger partial charge is 0.231 e. The van der Waals surface area contributed by atoms with Crippen molar-refractivity contribution in [1.82, 2.24) is 5.32 Å². The Morgan fingerprint density at radius 2 is 2.06 bits per heavy atom. The number of hydrogen-bond acceptors (Lipinski definition) is 3. The fourth-order valence-corrected chi connectivity index (χ4v) is 3.26. The lowest BCUT2D eigenvalue weighted by Crippen LogP contribution is -2.26. The largest absolute Gasteiger partial charge is 0.454 e. The molecule has 1 fully saturated rings. The number of ether oxygens (including phenoxy) is 2. The van der Waals surface area contributed by atoms with Gasteiger partial charge in [-0.2, -0.15) is 0 Å². The molecule has 0 aliphatic carbocycles. The molecule has 1 aromatic carbocycles. The molecule has 2 aliphatic rings. The standard InChI is InChI=1S/C13H16BrNO2/c1-8-12(14)10(9-2-4-15-5-3-9)6-11-13(8)17-7-16-11/h6,9,15H,2-5,7H2,1H3. The summed E-state index contributed by atoms with van der Waals surface area (Å²) in [7, 11) is 0. The first-order valence-corrected chi connectivity index (χ1v) is 6.86. The van der Waals surface area contributed by atoms with E-state index in [0.717, 1.165) is 30.2 Å². The van der Waals surface area contributed by atoms with E-state index >= 15 is 0 Å². The molecule has 92 valence electrons. The lowest BCUT2D eigenvalue weighted by Gasteiger charge is -2.25. The highest BCUT2D eigenvalue weighted by molar-refractivity contribution is 9.10. The second-order valence-corrected chi connectivity index (χ2v) is 5.46. The van der Waals surface area contributed by atoms with E-state index in [1.807, 2.05) is 0 Å². The summed E-state index contributed by atoms with van der Waals surface area (Å²) in [5, 5.41) is 3.40. The van der Waals surface area contributed by atoms with Crippen LogP contribution in [0.4, 0.5) is 0 Å². The third-order valence-electron chi connectivity index (χ3n) is 3.63. The van der Waals surface area contributed by atoms with Crippen LogP contribution >= 0.6 is 15.9 Å². The Labute approximate surface area is 110 Å². The van der Waals surface area contributed by atoms with Gasteiger partial charge >= 0.3 is 0 Å². The monoisotopic (exact) mass is 297 g/mol. The number of halogens is 1. The van der Waals surface area contributed by atoms with Gasteiger partial charge in [0.25, 0.3) is 0 Å². The molecule has 4 heteroatoms. The Morgan fingerprint density at radius 1 is 1.29 bits per heavy atom. The summed E-state index contributed by atoms with van der Waals surface area (Å²) in [4.78, 5) is 0. The van der Waals surface area contributed by atoms with Crippen molar-refractivity contribution in [3.8, 4) is 11.5 Å². The highest BCUT2D eigenvalue weighted by Crippen LogP contribution is 2.44. The van der Waals surface area contributed by atoms with E-state index in [0.29, 0.717) is 12.7 Å². The molecule has 0 radical (unpaired) electrons. The number of piperidine rings is 1. The van der Waals surface area contributed by atoms with Crippen LogP contribution in [-0.4, -0.2) is 19.9 Å². The first-order chi connectivity index (χ1) is 8.27. The van der Waals surface area contributed by atoms with E-state index in [-0.39, 0.29) is 0 Å². The zero-order chi connectivity index (χ0) is 11.8. The van der Waals surface area contributed by atoms with Gasteiger partial charge < -0.3 is 14.8 Å². The van der Waals surface area contributed by atoms with Gasteiger partial charge in [-0.3, -0.25) is 0 Å². The molecule has 0 spiro atoms. The fraction of sp³-hybridized carbons (Fsp3) is 0.538. The van der Waals surface area contributed by atoms with Crippen LogP contribution in [-0.2, 0) is 0 Å². The summed E-state index contributed by atoms with van der Waals surface area (Å²) in [5.41, 5.74) is 2.53. The maximum atomic E-state index is 5.51. The quantitative estimate of drug-likeness (QED) is 0.864. The Hall–Kier alpha value is -0.740. The van der Waals surface area contributed by atoms with Crippen LogP contribution in [0.15, 0.2) is 10.5 Å². The number of rotatable bonds is 1. The van der Waals surface area contributed by atoms with Gasteiger partial charge in [0.2, 0.25) is 6.79 Å². The number of nitrogens with one attached hydrogen (secondary N) is 1. The van der Waals surface area contributed by atoms with Crippen molar-refractivity contribution in [2.75, 3.05) is 19.9 Å². The van der Waals surface area contributed by atoms with Crippen molar-refractivity contribution in [3.63, 3.8) is 0 Å². The van der Waals surface area contributed by atoms with Crippen molar-refractivity contribution in [2.24, 2.45) is 0 Å². The predicted molar refractivity (Wildman–Crippen MR) is 69.8 cm³/mol. The molecule has 0 aromatic heterocycles. The molecular weight excluding hydrogens is 282 g/mol. The van der Waals surface area contributed by atoms with Crippen LogP contribution in [0, 0.1) is 6.92 Å². The first kappa shape index (κ1) is 11.4. The molecule has 3 nitrogen and oxygen atoms in total. The Morgan fingerprint density at radius 3 is 2.82 bits per heavy atom. The van der Waals surface area contributed by atoms with Crippen molar-refractivity contribution in [3.05, 3.63) is 21.7 Å². The maximum Gasteiger partial charge on any atom is 0.231 e. The minimum absolute atomic E-state index is 0.346. The number of benzene rings is 1. The predicted octanol–water partition coefficient (Wildman–Crippen LogP) is 2.95. The van der Waals surface area contributed by atoms with Crippen LogP contribution in [0.25, 0.3) is 0 Å². The average Bonchev–Trinajstić information content (AvgIpc) is 2.83. The minimum atomic E-state index is 0.346. The van der Waals surface area contributed by atoms with Gasteiger partial charge in [0.05, 0.1) is 0 Å². The summed E-state index contributed by atoms with van der Waals surface area (Å²) in [6.07, 6.45) is 2.38. The summed E-state index contributed by atoms with van der Waals surface area (Å²) in [6, 6.07) is 2.15. The number of fused-ring (bicyclic) bond motifs is 1. The van der Waals surface area contributed by atoms with Crippen LogP contribution < -0.4 is 14.8 Å². The molecule has 0 amide bonds. The van der Waals surface area contributed by atoms with Crippen LogP contribution in [0.3, 0.4) is 0 Å². The second kappa shape index (κ2) is 4.50. The SMILES string of the molecule is Cc1c(Br)c(C2CCNCC2)cc2c1OCO2. The molecule has 1 N–H and O–H groups in total. The van der Waals surface area contributed by atoms with Crippen molar-refractivity contribution >= 4 is 15.9 Å². The third kappa shape index (κ3) is 1.93. The molecular formula is C13H16BrNO2. The Bertz CT molecular complexity index is 442. The Balaban J connectivity index is 2.01. The topological polar surface area (TPSA) is 30.5 Å². The fourth-order valence-electron chi connectivity index (χ4n) is 2.64. The first-order valence-electron chi connectivity index (χ1n) is 6.06. The summed E-state index contributed by atoms with van der Waals surface area (Å²) in [6.45, 7) is 4.63.